The van der Waals surface area contributed by atoms with Gasteiger partial charge in [0, 0.05) is 27.4 Å². The van der Waals surface area contributed by atoms with Crippen LogP contribution in [0.3, 0.4) is 0 Å². The van der Waals surface area contributed by atoms with Crippen molar-refractivity contribution in [2.45, 2.75) is 11.7 Å². The maximum atomic E-state index is 6.18. The predicted molar refractivity (Wildman–Crippen MR) is 117 cm³/mol. The van der Waals surface area contributed by atoms with Gasteiger partial charge in [-0.2, -0.15) is 0 Å². The van der Waals surface area contributed by atoms with Crippen molar-refractivity contribution in [3.05, 3.63) is 117 Å². The Balaban J connectivity index is 1.59. The second kappa shape index (κ2) is 7.81. The first-order valence-corrected chi connectivity index (χ1v) is 10.8. The van der Waals surface area contributed by atoms with Crippen molar-refractivity contribution in [2.75, 3.05) is 13.2 Å². The highest BCUT2D eigenvalue weighted by Crippen LogP contribution is 2.44. The van der Waals surface area contributed by atoms with E-state index in [2.05, 4.69) is 47.4 Å². The molecule has 2 aromatic heterocycles. The zero-order chi connectivity index (χ0) is 19.7. The second-order valence-corrected chi connectivity index (χ2v) is 8.54. The van der Waals surface area contributed by atoms with Gasteiger partial charge in [0.25, 0.3) is 0 Å². The van der Waals surface area contributed by atoms with Gasteiger partial charge in [0.2, 0.25) is 5.79 Å². The van der Waals surface area contributed by atoms with Crippen molar-refractivity contribution in [3.63, 3.8) is 0 Å². The van der Waals surface area contributed by atoms with Crippen LogP contribution in [0.5, 0.6) is 0 Å². The van der Waals surface area contributed by atoms with Gasteiger partial charge in [-0.25, -0.2) is 0 Å². The molecule has 1 atom stereocenters. The van der Waals surface area contributed by atoms with E-state index in [4.69, 9.17) is 21.1 Å². The molecule has 0 spiro atoms. The molecule has 146 valence electrons. The highest BCUT2D eigenvalue weighted by molar-refractivity contribution is 7.12. The molecule has 3 nitrogen and oxygen atoms in total. The summed E-state index contributed by atoms with van der Waals surface area (Å²) in [5, 5.41) is 0.738. The topological polar surface area (TPSA) is 34.2 Å². The van der Waals surface area contributed by atoms with Crippen LogP contribution in [-0.4, -0.2) is 18.2 Å². The summed E-state index contributed by atoms with van der Waals surface area (Å²) in [6.45, 7) is 1.17. The van der Waals surface area contributed by atoms with Gasteiger partial charge < -0.3 is 14.5 Å². The maximum Gasteiger partial charge on any atom is 0.232 e. The molecule has 1 aliphatic rings. The molecule has 1 N–H and O–H groups in total. The third-order valence-corrected chi connectivity index (χ3v) is 6.70. The number of ether oxygens (including phenoxy) is 2. The molecular weight excluding hydrogens is 402 g/mol. The number of hydrogen-bond acceptors (Lipinski definition) is 3. The van der Waals surface area contributed by atoms with Crippen LogP contribution in [0.2, 0.25) is 5.02 Å². The summed E-state index contributed by atoms with van der Waals surface area (Å²) in [4.78, 5) is 5.66. The van der Waals surface area contributed by atoms with Crippen LogP contribution in [0.4, 0.5) is 0 Å². The van der Waals surface area contributed by atoms with E-state index in [0.29, 0.717) is 13.2 Å². The zero-order valence-corrected chi connectivity index (χ0v) is 17.2. The third kappa shape index (κ3) is 3.43. The fourth-order valence-electron chi connectivity index (χ4n) is 3.88. The second-order valence-electron chi connectivity index (χ2n) is 6.99. The van der Waals surface area contributed by atoms with Crippen molar-refractivity contribution < 1.29 is 9.47 Å². The van der Waals surface area contributed by atoms with E-state index in [1.54, 1.807) is 11.3 Å². The Bertz CT molecular complexity index is 1070. The van der Waals surface area contributed by atoms with Crippen LogP contribution in [0.15, 0.2) is 85.1 Å². The highest BCUT2D eigenvalue weighted by atomic mass is 35.5. The predicted octanol–water partition coefficient (Wildman–Crippen LogP) is 6.16. The summed E-state index contributed by atoms with van der Waals surface area (Å²) >= 11 is 7.85. The van der Waals surface area contributed by atoms with Crippen molar-refractivity contribution in [1.29, 1.82) is 0 Å². The quantitative estimate of drug-likeness (QED) is 0.419. The lowest BCUT2D eigenvalue weighted by Crippen LogP contribution is -2.27. The van der Waals surface area contributed by atoms with Crippen LogP contribution in [0, 0.1) is 0 Å². The van der Waals surface area contributed by atoms with Gasteiger partial charge in [-0.3, -0.25) is 0 Å². The lowest BCUT2D eigenvalue weighted by Gasteiger charge is -2.26. The van der Waals surface area contributed by atoms with Crippen LogP contribution in [0.1, 0.15) is 32.5 Å². The SMILES string of the molecule is Clc1ccc(C(c2ccc[nH]2)c2ccc(C3(c4ccccc4)OCCO3)s2)cc1. The largest absolute Gasteiger partial charge is 0.364 e. The molecule has 5 rings (SSSR count). The number of aromatic nitrogens is 1. The van der Waals surface area contributed by atoms with E-state index < -0.39 is 5.79 Å². The normalized spacial score (nSPS) is 16.7. The number of hydrogen-bond donors (Lipinski definition) is 1. The lowest BCUT2D eigenvalue weighted by atomic mass is 9.94. The van der Waals surface area contributed by atoms with E-state index >= 15 is 0 Å². The van der Waals surface area contributed by atoms with Crippen LogP contribution < -0.4 is 0 Å². The van der Waals surface area contributed by atoms with Gasteiger partial charge in [-0.1, -0.05) is 54.1 Å². The van der Waals surface area contributed by atoms with Gasteiger partial charge in [0.15, 0.2) is 0 Å². The van der Waals surface area contributed by atoms with Crippen LogP contribution in [0.25, 0.3) is 0 Å². The molecular formula is C24H20ClNO2S. The Morgan fingerprint density at radius 3 is 2.31 bits per heavy atom. The number of H-pyrrole nitrogens is 1. The first-order valence-electron chi connectivity index (χ1n) is 9.59. The van der Waals surface area contributed by atoms with Crippen molar-refractivity contribution >= 4 is 22.9 Å². The average Bonchev–Trinajstić information content (AvgIpc) is 3.53. The molecule has 0 radical (unpaired) electrons. The van der Waals surface area contributed by atoms with Gasteiger partial charge in [-0.15, -0.1) is 11.3 Å². The van der Waals surface area contributed by atoms with E-state index in [1.807, 2.05) is 42.6 Å². The minimum atomic E-state index is -0.829. The van der Waals surface area contributed by atoms with Gasteiger partial charge >= 0.3 is 0 Å². The molecule has 1 fully saturated rings. The highest BCUT2D eigenvalue weighted by Gasteiger charge is 2.42. The number of rotatable bonds is 5. The lowest BCUT2D eigenvalue weighted by molar-refractivity contribution is -0.127. The van der Waals surface area contributed by atoms with Crippen molar-refractivity contribution in [3.8, 4) is 0 Å². The Kier molecular flexibility index (Phi) is 5.02. The Hall–Kier alpha value is -2.37. The molecule has 4 aromatic rings. The Morgan fingerprint density at radius 1 is 0.862 bits per heavy atom. The monoisotopic (exact) mass is 421 g/mol. The average molecular weight is 422 g/mol. The smallest absolute Gasteiger partial charge is 0.232 e. The van der Waals surface area contributed by atoms with E-state index in [9.17, 15) is 0 Å². The first kappa shape index (κ1) is 18.6. The Morgan fingerprint density at radius 2 is 1.62 bits per heavy atom. The van der Waals surface area contributed by atoms with Gasteiger partial charge in [-0.05, 0) is 42.0 Å². The number of aromatic amines is 1. The molecule has 29 heavy (non-hydrogen) atoms. The van der Waals surface area contributed by atoms with Crippen LogP contribution >= 0.6 is 22.9 Å². The molecule has 5 heteroatoms. The van der Waals surface area contributed by atoms with E-state index in [1.165, 1.54) is 10.4 Å². The van der Waals surface area contributed by atoms with Crippen molar-refractivity contribution in [2.24, 2.45) is 0 Å². The molecule has 3 heterocycles. The summed E-state index contributed by atoms with van der Waals surface area (Å²) in [6.07, 6.45) is 1.96. The maximum absolute atomic E-state index is 6.18. The van der Waals surface area contributed by atoms with Crippen LogP contribution in [-0.2, 0) is 15.3 Å². The minimum absolute atomic E-state index is 0.0928. The number of halogens is 1. The minimum Gasteiger partial charge on any atom is -0.364 e. The van der Waals surface area contributed by atoms with Gasteiger partial charge in [0.1, 0.15) is 0 Å². The molecule has 2 aromatic carbocycles. The van der Waals surface area contributed by atoms with Crippen molar-refractivity contribution in [1.82, 2.24) is 4.98 Å². The van der Waals surface area contributed by atoms with E-state index in [-0.39, 0.29) is 5.92 Å². The molecule has 0 saturated carbocycles. The van der Waals surface area contributed by atoms with E-state index in [0.717, 1.165) is 21.2 Å². The fourth-order valence-corrected chi connectivity index (χ4v) is 5.29. The summed E-state index contributed by atoms with van der Waals surface area (Å²) < 4.78 is 12.4. The van der Waals surface area contributed by atoms with Gasteiger partial charge in [0.05, 0.1) is 24.0 Å². The number of nitrogens with one attached hydrogen (secondary N) is 1. The first-order chi connectivity index (χ1) is 14.3. The molecule has 1 aliphatic heterocycles. The third-order valence-electron chi connectivity index (χ3n) is 5.22. The molecule has 0 bridgehead atoms. The molecule has 1 saturated heterocycles. The summed E-state index contributed by atoms with van der Waals surface area (Å²) in [5.74, 6) is -0.736. The summed E-state index contributed by atoms with van der Waals surface area (Å²) in [6, 6.07) is 26.7. The zero-order valence-electron chi connectivity index (χ0n) is 15.7. The number of thiophene rings is 1. The molecule has 0 amide bonds. The molecule has 0 aliphatic carbocycles. The standard InChI is InChI=1S/C24H20ClNO2S/c25-19-10-8-17(9-11-19)23(20-7-4-14-26-20)21-12-13-22(29-21)24(27-15-16-28-24)18-5-2-1-3-6-18/h1-14,23,26H,15-16H2. The fraction of sp³-hybridized carbons (Fsp3) is 0.167. The molecule has 1 unspecified atom stereocenters. The summed E-state index contributed by atoms with van der Waals surface area (Å²) in [5.41, 5.74) is 3.35. The number of benzene rings is 2. The Labute approximate surface area is 178 Å². The summed E-state index contributed by atoms with van der Waals surface area (Å²) in [7, 11) is 0.